The van der Waals surface area contributed by atoms with Crippen LogP contribution in [0.15, 0.2) is 53.4 Å². The minimum atomic E-state index is 0.0217. The average molecular weight is 400 g/mol. The van der Waals surface area contributed by atoms with Crippen LogP contribution in [0.25, 0.3) is 0 Å². The average Bonchev–Trinajstić information content (AvgIpc) is 2.75. The van der Waals surface area contributed by atoms with E-state index in [4.69, 9.17) is 4.74 Å². The molecule has 0 aliphatic carbocycles. The molecule has 3 rings (SSSR count). The van der Waals surface area contributed by atoms with Crippen molar-refractivity contribution in [3.63, 3.8) is 0 Å². The highest BCUT2D eigenvalue weighted by Gasteiger charge is 2.17. The van der Waals surface area contributed by atoms with Gasteiger partial charge in [0.05, 0.1) is 12.7 Å². The molecule has 2 aromatic rings. The van der Waals surface area contributed by atoms with Crippen molar-refractivity contribution in [3.05, 3.63) is 54.1 Å². The molecule has 1 amide bonds. The van der Waals surface area contributed by atoms with Gasteiger partial charge in [-0.3, -0.25) is 9.69 Å². The van der Waals surface area contributed by atoms with Crippen molar-refractivity contribution in [1.82, 2.24) is 10.2 Å². The van der Waals surface area contributed by atoms with E-state index >= 15 is 0 Å². The van der Waals surface area contributed by atoms with Crippen molar-refractivity contribution in [3.8, 4) is 5.75 Å². The molecule has 1 saturated heterocycles. The number of ether oxygens (including phenoxy) is 1. The van der Waals surface area contributed by atoms with E-state index in [-0.39, 0.29) is 5.91 Å². The lowest BCUT2D eigenvalue weighted by atomic mass is 10.2. The number of anilines is 1. The third kappa shape index (κ3) is 5.42. The number of thioether (sulfide) groups is 1. The first-order chi connectivity index (χ1) is 13.7. The van der Waals surface area contributed by atoms with Crippen LogP contribution in [-0.2, 0) is 0 Å². The Labute approximate surface area is 172 Å². The van der Waals surface area contributed by atoms with Crippen LogP contribution in [0.1, 0.15) is 17.3 Å². The van der Waals surface area contributed by atoms with Gasteiger partial charge in [-0.25, -0.2) is 0 Å². The summed E-state index contributed by atoms with van der Waals surface area (Å²) >= 11 is 1.71. The van der Waals surface area contributed by atoms with E-state index in [1.54, 1.807) is 18.9 Å². The molecule has 150 valence electrons. The third-order valence-electron chi connectivity index (χ3n) is 4.95. The van der Waals surface area contributed by atoms with E-state index in [1.807, 2.05) is 36.4 Å². The molecule has 1 heterocycles. The second-order valence-electron chi connectivity index (χ2n) is 6.71. The number of nitrogens with one attached hydrogen (secondary N) is 1. The van der Waals surface area contributed by atoms with Crippen LogP contribution >= 0.6 is 11.8 Å². The number of benzene rings is 2. The van der Waals surface area contributed by atoms with Gasteiger partial charge in [0.2, 0.25) is 0 Å². The molecule has 0 aromatic heterocycles. The molecule has 28 heavy (non-hydrogen) atoms. The predicted octanol–water partition coefficient (Wildman–Crippen LogP) is 3.36. The van der Waals surface area contributed by atoms with Crippen LogP contribution in [0, 0.1) is 0 Å². The number of rotatable bonds is 8. The largest absolute Gasteiger partial charge is 0.497 e. The highest BCUT2D eigenvalue weighted by molar-refractivity contribution is 7.99. The van der Waals surface area contributed by atoms with E-state index in [9.17, 15) is 4.79 Å². The maximum atomic E-state index is 12.5. The number of carbonyl (C=O) groups excluding carboxylic acids is 1. The van der Waals surface area contributed by atoms with Crippen molar-refractivity contribution >= 4 is 23.4 Å². The normalized spacial score (nSPS) is 14.7. The standard InChI is InChI=1S/C22H29N3O2S/c1-3-28-21-7-5-4-6-20(21)22(26)23-12-13-24-14-16-25(17-15-24)18-8-10-19(27-2)11-9-18/h4-11H,3,12-17H2,1-2H3,(H,23,26). The summed E-state index contributed by atoms with van der Waals surface area (Å²) in [6, 6.07) is 16.1. The molecule has 1 aliphatic rings. The van der Waals surface area contributed by atoms with Crippen molar-refractivity contribution in [1.29, 1.82) is 0 Å². The first-order valence-electron chi connectivity index (χ1n) is 9.82. The van der Waals surface area contributed by atoms with E-state index in [2.05, 4.69) is 34.2 Å². The maximum Gasteiger partial charge on any atom is 0.252 e. The van der Waals surface area contributed by atoms with E-state index < -0.39 is 0 Å². The molecule has 6 heteroatoms. The Morgan fingerprint density at radius 2 is 1.79 bits per heavy atom. The van der Waals surface area contributed by atoms with E-state index in [0.29, 0.717) is 6.54 Å². The summed E-state index contributed by atoms with van der Waals surface area (Å²) in [5, 5.41) is 3.08. The van der Waals surface area contributed by atoms with Crippen LogP contribution in [0.2, 0.25) is 0 Å². The number of methoxy groups -OCH3 is 1. The minimum Gasteiger partial charge on any atom is -0.497 e. The molecule has 5 nitrogen and oxygen atoms in total. The number of carbonyl (C=O) groups is 1. The Bertz CT molecular complexity index is 759. The number of hydrogen-bond acceptors (Lipinski definition) is 5. The second-order valence-corrected chi connectivity index (χ2v) is 8.02. The lowest BCUT2D eigenvalue weighted by Gasteiger charge is -2.36. The summed E-state index contributed by atoms with van der Waals surface area (Å²) in [7, 11) is 1.69. The summed E-state index contributed by atoms with van der Waals surface area (Å²) in [4.78, 5) is 18.4. The van der Waals surface area contributed by atoms with Gasteiger partial charge in [-0.1, -0.05) is 19.1 Å². The molecular weight excluding hydrogens is 370 g/mol. The van der Waals surface area contributed by atoms with Gasteiger partial charge in [-0.2, -0.15) is 0 Å². The monoisotopic (exact) mass is 399 g/mol. The van der Waals surface area contributed by atoms with Gasteiger partial charge < -0.3 is 15.0 Å². The first kappa shape index (κ1) is 20.6. The van der Waals surface area contributed by atoms with Gasteiger partial charge >= 0.3 is 0 Å². The Balaban J connectivity index is 1.42. The lowest BCUT2D eigenvalue weighted by Crippen LogP contribution is -2.48. The smallest absolute Gasteiger partial charge is 0.252 e. The van der Waals surface area contributed by atoms with Crippen molar-refractivity contribution in [2.24, 2.45) is 0 Å². The Kier molecular flexibility index (Phi) is 7.62. The van der Waals surface area contributed by atoms with Crippen LogP contribution in [0.5, 0.6) is 5.75 Å². The zero-order valence-electron chi connectivity index (χ0n) is 16.7. The number of nitrogens with zero attached hydrogens (tertiary/aromatic N) is 2. The van der Waals surface area contributed by atoms with Crippen molar-refractivity contribution in [2.75, 3.05) is 57.0 Å². The molecule has 0 atom stereocenters. The SMILES string of the molecule is CCSc1ccccc1C(=O)NCCN1CCN(c2ccc(OC)cc2)CC1. The van der Waals surface area contributed by atoms with Crippen LogP contribution in [0.3, 0.4) is 0 Å². The molecule has 0 spiro atoms. The van der Waals surface area contributed by atoms with Crippen LogP contribution < -0.4 is 15.0 Å². The van der Waals surface area contributed by atoms with E-state index in [1.165, 1.54) is 5.69 Å². The molecule has 0 bridgehead atoms. The zero-order valence-corrected chi connectivity index (χ0v) is 17.5. The van der Waals surface area contributed by atoms with Crippen molar-refractivity contribution in [2.45, 2.75) is 11.8 Å². The van der Waals surface area contributed by atoms with Gasteiger partial charge in [0.1, 0.15) is 5.75 Å². The Hall–Kier alpha value is -2.18. The fourth-order valence-electron chi connectivity index (χ4n) is 3.38. The summed E-state index contributed by atoms with van der Waals surface area (Å²) in [6.45, 7) is 7.66. The summed E-state index contributed by atoms with van der Waals surface area (Å²) < 4.78 is 5.23. The summed E-state index contributed by atoms with van der Waals surface area (Å²) in [6.07, 6.45) is 0. The molecule has 0 radical (unpaired) electrons. The van der Waals surface area contributed by atoms with Gasteiger partial charge in [-0.05, 0) is 42.2 Å². The first-order valence-corrected chi connectivity index (χ1v) is 10.8. The summed E-state index contributed by atoms with van der Waals surface area (Å²) in [5.74, 6) is 1.87. The summed E-state index contributed by atoms with van der Waals surface area (Å²) in [5.41, 5.74) is 2.01. The molecule has 0 unspecified atom stereocenters. The Morgan fingerprint density at radius 3 is 2.46 bits per heavy atom. The molecule has 1 aliphatic heterocycles. The maximum absolute atomic E-state index is 12.5. The second kappa shape index (κ2) is 10.4. The highest BCUT2D eigenvalue weighted by atomic mass is 32.2. The number of piperazine rings is 1. The fourth-order valence-corrected chi connectivity index (χ4v) is 4.18. The number of amides is 1. The van der Waals surface area contributed by atoms with Gasteiger partial charge in [0.25, 0.3) is 5.91 Å². The molecular formula is C22H29N3O2S. The molecule has 1 fully saturated rings. The van der Waals surface area contributed by atoms with Gasteiger partial charge in [0.15, 0.2) is 0 Å². The quantitative estimate of drug-likeness (QED) is 0.690. The Morgan fingerprint density at radius 1 is 1.07 bits per heavy atom. The zero-order chi connectivity index (χ0) is 19.8. The van der Waals surface area contributed by atoms with E-state index in [0.717, 1.165) is 54.7 Å². The minimum absolute atomic E-state index is 0.0217. The van der Waals surface area contributed by atoms with Gasteiger partial charge in [0, 0.05) is 49.9 Å². The molecule has 0 saturated carbocycles. The highest BCUT2D eigenvalue weighted by Crippen LogP contribution is 2.22. The molecule has 1 N–H and O–H groups in total. The van der Waals surface area contributed by atoms with Crippen molar-refractivity contribution < 1.29 is 9.53 Å². The topological polar surface area (TPSA) is 44.8 Å². The third-order valence-corrected chi connectivity index (χ3v) is 5.91. The fraction of sp³-hybridized carbons (Fsp3) is 0.409. The lowest BCUT2D eigenvalue weighted by molar-refractivity contribution is 0.0945. The number of hydrogen-bond donors (Lipinski definition) is 1. The predicted molar refractivity (Wildman–Crippen MR) is 117 cm³/mol. The van der Waals surface area contributed by atoms with Crippen LogP contribution in [0.4, 0.5) is 5.69 Å². The van der Waals surface area contributed by atoms with Gasteiger partial charge in [-0.15, -0.1) is 11.8 Å². The molecule has 2 aromatic carbocycles. The van der Waals surface area contributed by atoms with Crippen LogP contribution in [-0.4, -0.2) is 62.9 Å².